The summed E-state index contributed by atoms with van der Waals surface area (Å²) in [6.07, 6.45) is 5.04. The van der Waals surface area contributed by atoms with Gasteiger partial charge >= 0.3 is 0 Å². The molecule has 1 atom stereocenters. The first-order valence-electron chi connectivity index (χ1n) is 8.37. The number of rotatable bonds is 5. The van der Waals surface area contributed by atoms with Crippen molar-refractivity contribution in [2.75, 3.05) is 13.1 Å². The Kier molecular flexibility index (Phi) is 6.35. The van der Waals surface area contributed by atoms with Crippen LogP contribution in [0.15, 0.2) is 24.3 Å². The van der Waals surface area contributed by atoms with Crippen molar-refractivity contribution < 1.29 is 4.79 Å². The monoisotopic (exact) mass is 356 g/mol. The molecule has 0 radical (unpaired) electrons. The van der Waals surface area contributed by atoms with Gasteiger partial charge in [-0.25, -0.2) is 0 Å². The Labute approximate surface area is 150 Å². The van der Waals surface area contributed by atoms with Gasteiger partial charge in [-0.3, -0.25) is 4.79 Å². The fourth-order valence-electron chi connectivity index (χ4n) is 3.59. The fourth-order valence-corrected chi connectivity index (χ4v) is 3.78. The van der Waals surface area contributed by atoms with Crippen LogP contribution in [0.5, 0.6) is 0 Å². The third kappa shape index (κ3) is 4.62. The van der Waals surface area contributed by atoms with E-state index in [4.69, 9.17) is 11.6 Å². The first-order chi connectivity index (χ1) is 10.6. The quantitative estimate of drug-likeness (QED) is 0.839. The van der Waals surface area contributed by atoms with Crippen LogP contribution in [-0.4, -0.2) is 19.0 Å². The largest absolute Gasteiger partial charge is 0.347 e. The van der Waals surface area contributed by atoms with Gasteiger partial charge in [0, 0.05) is 11.4 Å². The molecule has 1 aromatic carbocycles. The van der Waals surface area contributed by atoms with Crippen LogP contribution < -0.4 is 10.6 Å². The van der Waals surface area contributed by atoms with Gasteiger partial charge in [-0.05, 0) is 68.3 Å². The van der Waals surface area contributed by atoms with Gasteiger partial charge in [-0.2, -0.15) is 0 Å². The topological polar surface area (TPSA) is 41.1 Å². The van der Waals surface area contributed by atoms with Gasteiger partial charge in [0.2, 0.25) is 5.91 Å². The lowest BCUT2D eigenvalue weighted by atomic mass is 9.84. The molecule has 1 saturated carbocycles. The molecule has 5 heteroatoms. The molecule has 128 valence electrons. The van der Waals surface area contributed by atoms with Crippen molar-refractivity contribution >= 4 is 29.9 Å². The van der Waals surface area contributed by atoms with E-state index in [1.165, 1.54) is 12.8 Å². The Hall–Kier alpha value is -0.770. The van der Waals surface area contributed by atoms with Gasteiger partial charge in [0.25, 0.3) is 0 Å². The average molecular weight is 357 g/mol. The van der Waals surface area contributed by atoms with Gasteiger partial charge in [-0.15, -0.1) is 12.4 Å². The van der Waals surface area contributed by atoms with E-state index in [1.807, 2.05) is 18.2 Å². The molecular weight excluding hydrogens is 331 g/mol. The lowest BCUT2D eigenvalue weighted by Gasteiger charge is -2.28. The Balaban J connectivity index is 0.00000192. The minimum Gasteiger partial charge on any atom is -0.347 e. The fraction of sp³-hybridized carbons (Fsp3) is 0.611. The van der Waals surface area contributed by atoms with Gasteiger partial charge in [0.1, 0.15) is 0 Å². The Morgan fingerprint density at radius 1 is 1.39 bits per heavy atom. The normalized spacial score (nSPS) is 21.1. The van der Waals surface area contributed by atoms with E-state index >= 15 is 0 Å². The number of benzene rings is 1. The molecule has 1 unspecified atom stereocenters. The highest BCUT2D eigenvalue weighted by atomic mass is 35.5. The maximum atomic E-state index is 12.5. The van der Waals surface area contributed by atoms with Gasteiger partial charge in [0.05, 0.1) is 5.54 Å². The molecule has 0 spiro atoms. The summed E-state index contributed by atoms with van der Waals surface area (Å²) in [5.41, 5.74) is 0.985. The molecule has 2 N–H and O–H groups in total. The minimum absolute atomic E-state index is 0. The second-order valence-electron chi connectivity index (χ2n) is 6.91. The summed E-state index contributed by atoms with van der Waals surface area (Å²) in [4.78, 5) is 12.5. The van der Waals surface area contributed by atoms with E-state index in [1.54, 1.807) is 0 Å². The van der Waals surface area contributed by atoms with Crippen LogP contribution in [0, 0.1) is 11.8 Å². The highest BCUT2D eigenvalue weighted by Gasteiger charge is 2.45. The van der Waals surface area contributed by atoms with Crippen LogP contribution in [-0.2, 0) is 10.3 Å². The van der Waals surface area contributed by atoms with E-state index in [-0.39, 0.29) is 23.9 Å². The van der Waals surface area contributed by atoms with Gasteiger partial charge < -0.3 is 10.6 Å². The SMILES string of the molecule is CC(CC(=O)NC1(c2cccc(Cl)c2)CC1)C1CCNCC1.Cl. The molecule has 1 amide bonds. The molecule has 1 aliphatic carbocycles. The van der Waals surface area contributed by atoms with Crippen molar-refractivity contribution in [1.82, 2.24) is 10.6 Å². The number of hydrogen-bond acceptors (Lipinski definition) is 2. The number of carbonyl (C=O) groups is 1. The molecular formula is C18H26Cl2N2O. The molecule has 1 heterocycles. The lowest BCUT2D eigenvalue weighted by molar-refractivity contribution is -0.123. The van der Waals surface area contributed by atoms with Crippen molar-refractivity contribution in [2.45, 2.75) is 44.6 Å². The predicted molar refractivity (Wildman–Crippen MR) is 97.1 cm³/mol. The summed E-state index contributed by atoms with van der Waals surface area (Å²) >= 11 is 6.08. The molecule has 2 fully saturated rings. The van der Waals surface area contributed by atoms with Crippen LogP contribution in [0.2, 0.25) is 5.02 Å². The zero-order valence-corrected chi connectivity index (χ0v) is 15.2. The third-order valence-electron chi connectivity index (χ3n) is 5.20. The van der Waals surface area contributed by atoms with E-state index in [0.29, 0.717) is 18.3 Å². The molecule has 0 aromatic heterocycles. The Morgan fingerprint density at radius 3 is 2.70 bits per heavy atom. The average Bonchev–Trinajstić information content (AvgIpc) is 3.29. The smallest absolute Gasteiger partial charge is 0.220 e. The first-order valence-corrected chi connectivity index (χ1v) is 8.75. The summed E-state index contributed by atoms with van der Waals surface area (Å²) in [5.74, 6) is 1.31. The van der Waals surface area contributed by atoms with E-state index < -0.39 is 0 Å². The highest BCUT2D eigenvalue weighted by Crippen LogP contribution is 2.46. The van der Waals surface area contributed by atoms with Crippen molar-refractivity contribution in [3.8, 4) is 0 Å². The maximum absolute atomic E-state index is 12.5. The summed E-state index contributed by atoms with van der Waals surface area (Å²) in [7, 11) is 0. The van der Waals surface area contributed by atoms with E-state index in [0.717, 1.165) is 36.5 Å². The molecule has 2 aliphatic rings. The second kappa shape index (κ2) is 7.87. The zero-order valence-electron chi connectivity index (χ0n) is 13.6. The van der Waals surface area contributed by atoms with Gasteiger partial charge in [0.15, 0.2) is 0 Å². The van der Waals surface area contributed by atoms with Crippen LogP contribution in [0.3, 0.4) is 0 Å². The van der Waals surface area contributed by atoms with Gasteiger partial charge in [-0.1, -0.05) is 30.7 Å². The van der Waals surface area contributed by atoms with Crippen molar-refractivity contribution in [1.29, 1.82) is 0 Å². The maximum Gasteiger partial charge on any atom is 0.220 e. The molecule has 1 saturated heterocycles. The van der Waals surface area contributed by atoms with Crippen LogP contribution in [0.4, 0.5) is 0 Å². The molecule has 3 nitrogen and oxygen atoms in total. The van der Waals surface area contributed by atoms with Crippen LogP contribution >= 0.6 is 24.0 Å². The summed E-state index contributed by atoms with van der Waals surface area (Å²) in [6, 6.07) is 7.88. The highest BCUT2D eigenvalue weighted by molar-refractivity contribution is 6.30. The predicted octanol–water partition coefficient (Wildman–Crippen LogP) is 3.89. The molecule has 3 rings (SSSR count). The van der Waals surface area contributed by atoms with E-state index in [2.05, 4.69) is 23.6 Å². The summed E-state index contributed by atoms with van der Waals surface area (Å²) in [6.45, 7) is 4.39. The number of piperidine rings is 1. The molecule has 1 aliphatic heterocycles. The molecule has 23 heavy (non-hydrogen) atoms. The summed E-state index contributed by atoms with van der Waals surface area (Å²) in [5, 5.41) is 7.39. The zero-order chi connectivity index (χ0) is 15.6. The van der Waals surface area contributed by atoms with E-state index in [9.17, 15) is 4.79 Å². The second-order valence-corrected chi connectivity index (χ2v) is 7.35. The first kappa shape index (κ1) is 18.6. The minimum atomic E-state index is -0.157. The Bertz CT molecular complexity index is 540. The lowest BCUT2D eigenvalue weighted by Crippen LogP contribution is -2.37. The molecule has 0 bridgehead atoms. The summed E-state index contributed by atoms with van der Waals surface area (Å²) < 4.78 is 0. The van der Waals surface area contributed by atoms with Crippen LogP contribution in [0.1, 0.15) is 44.6 Å². The standard InChI is InChI=1S/C18H25ClN2O.ClH/c1-13(14-5-9-20-10-6-14)11-17(22)21-18(7-8-18)15-3-2-4-16(19)12-15;/h2-4,12-14,20H,5-11H2,1H3,(H,21,22);1H. The molecule has 1 aromatic rings. The number of halogens is 2. The van der Waals surface area contributed by atoms with Crippen molar-refractivity contribution in [3.05, 3.63) is 34.9 Å². The Morgan fingerprint density at radius 2 is 2.09 bits per heavy atom. The number of hydrogen-bond donors (Lipinski definition) is 2. The van der Waals surface area contributed by atoms with Crippen molar-refractivity contribution in [2.24, 2.45) is 11.8 Å². The number of nitrogens with one attached hydrogen (secondary N) is 2. The number of carbonyl (C=O) groups excluding carboxylic acids is 1. The van der Waals surface area contributed by atoms with Crippen LogP contribution in [0.25, 0.3) is 0 Å². The third-order valence-corrected chi connectivity index (χ3v) is 5.44. The number of amides is 1. The van der Waals surface area contributed by atoms with Crippen molar-refractivity contribution in [3.63, 3.8) is 0 Å².